The summed E-state index contributed by atoms with van der Waals surface area (Å²) in [6, 6.07) is -0.344. The SMILES string of the molecule is CCN(C)C(=O)C(C)Nc1nnc(Cl)c(C)c1C. The van der Waals surface area contributed by atoms with Gasteiger partial charge < -0.3 is 10.2 Å². The minimum Gasteiger partial charge on any atom is -0.357 e. The molecule has 1 rings (SSSR count). The Balaban J connectivity index is 2.86. The molecular formula is C12H19ClN4O. The molecule has 6 heteroatoms. The van der Waals surface area contributed by atoms with Gasteiger partial charge >= 0.3 is 0 Å². The van der Waals surface area contributed by atoms with Crippen LogP contribution in [0.2, 0.25) is 5.15 Å². The van der Waals surface area contributed by atoms with E-state index in [2.05, 4.69) is 15.5 Å². The normalized spacial score (nSPS) is 12.1. The monoisotopic (exact) mass is 270 g/mol. The third-order valence-corrected chi connectivity index (χ3v) is 3.40. The topological polar surface area (TPSA) is 58.1 Å². The number of carbonyl (C=O) groups excluding carboxylic acids is 1. The van der Waals surface area contributed by atoms with Crippen LogP contribution in [0, 0.1) is 13.8 Å². The molecule has 0 saturated carbocycles. The largest absolute Gasteiger partial charge is 0.357 e. The molecule has 0 radical (unpaired) electrons. The highest BCUT2D eigenvalue weighted by molar-refractivity contribution is 6.30. The van der Waals surface area contributed by atoms with Crippen molar-refractivity contribution in [3.63, 3.8) is 0 Å². The minimum atomic E-state index is -0.344. The van der Waals surface area contributed by atoms with Gasteiger partial charge in [0.1, 0.15) is 6.04 Å². The zero-order valence-corrected chi connectivity index (χ0v) is 12.2. The average Bonchev–Trinajstić information content (AvgIpc) is 2.37. The second kappa shape index (κ2) is 6.00. The van der Waals surface area contributed by atoms with E-state index >= 15 is 0 Å². The summed E-state index contributed by atoms with van der Waals surface area (Å²) in [5.74, 6) is 0.619. The van der Waals surface area contributed by atoms with Gasteiger partial charge in [0.05, 0.1) is 0 Å². The maximum Gasteiger partial charge on any atom is 0.244 e. The maximum atomic E-state index is 11.9. The van der Waals surface area contributed by atoms with E-state index < -0.39 is 0 Å². The molecule has 0 aromatic carbocycles. The fraction of sp³-hybridized carbons (Fsp3) is 0.583. The Kier molecular flexibility index (Phi) is 4.90. The molecule has 0 spiro atoms. The third-order valence-electron chi connectivity index (χ3n) is 3.04. The molecule has 1 N–H and O–H groups in total. The fourth-order valence-electron chi connectivity index (χ4n) is 1.47. The first-order valence-corrected chi connectivity index (χ1v) is 6.27. The highest BCUT2D eigenvalue weighted by Crippen LogP contribution is 2.21. The predicted octanol–water partition coefficient (Wildman–Crippen LogP) is 2.03. The highest BCUT2D eigenvalue weighted by Gasteiger charge is 2.18. The molecule has 0 aliphatic heterocycles. The van der Waals surface area contributed by atoms with Crippen LogP contribution in [0.5, 0.6) is 0 Å². The summed E-state index contributed by atoms with van der Waals surface area (Å²) in [4.78, 5) is 13.6. The number of nitrogens with one attached hydrogen (secondary N) is 1. The second-order valence-electron chi connectivity index (χ2n) is 4.31. The van der Waals surface area contributed by atoms with Crippen LogP contribution in [0.4, 0.5) is 5.82 Å². The Morgan fingerprint density at radius 3 is 2.56 bits per heavy atom. The van der Waals surface area contributed by atoms with Gasteiger partial charge in [-0.2, -0.15) is 0 Å². The molecule has 0 bridgehead atoms. The summed E-state index contributed by atoms with van der Waals surface area (Å²) in [6.45, 7) is 8.19. The molecule has 1 unspecified atom stereocenters. The molecule has 0 aliphatic carbocycles. The molecule has 0 saturated heterocycles. The third kappa shape index (κ3) is 3.10. The Hall–Kier alpha value is -1.36. The standard InChI is InChI=1S/C12H19ClN4O/c1-6-17(5)12(18)9(4)14-11-8(3)7(2)10(13)15-16-11/h9H,6H2,1-5H3,(H,14,16). The summed E-state index contributed by atoms with van der Waals surface area (Å²) in [5, 5.41) is 11.3. The van der Waals surface area contributed by atoms with Crippen LogP contribution in [0.1, 0.15) is 25.0 Å². The molecule has 1 aromatic heterocycles. The zero-order chi connectivity index (χ0) is 13.9. The molecule has 1 amide bonds. The fourth-order valence-corrected chi connectivity index (χ4v) is 1.65. The number of rotatable bonds is 4. The van der Waals surface area contributed by atoms with Gasteiger partial charge in [-0.1, -0.05) is 11.6 Å². The number of hydrogen-bond acceptors (Lipinski definition) is 4. The van der Waals surface area contributed by atoms with Crippen LogP contribution >= 0.6 is 11.6 Å². The van der Waals surface area contributed by atoms with Gasteiger partial charge in [0.2, 0.25) is 5.91 Å². The number of halogens is 1. The summed E-state index contributed by atoms with van der Waals surface area (Å²) in [5.41, 5.74) is 1.78. The molecule has 1 heterocycles. The van der Waals surface area contributed by atoms with E-state index in [-0.39, 0.29) is 11.9 Å². The van der Waals surface area contributed by atoms with Crippen LogP contribution in [0.25, 0.3) is 0 Å². The van der Waals surface area contributed by atoms with Crippen molar-refractivity contribution in [2.24, 2.45) is 0 Å². The van der Waals surface area contributed by atoms with Crippen molar-refractivity contribution in [2.45, 2.75) is 33.7 Å². The predicted molar refractivity (Wildman–Crippen MR) is 72.9 cm³/mol. The maximum absolute atomic E-state index is 11.9. The van der Waals surface area contributed by atoms with Crippen LogP contribution in [-0.4, -0.2) is 40.6 Å². The molecular weight excluding hydrogens is 252 g/mol. The van der Waals surface area contributed by atoms with Crippen molar-refractivity contribution in [2.75, 3.05) is 18.9 Å². The Morgan fingerprint density at radius 2 is 2.00 bits per heavy atom. The Bertz CT molecular complexity index is 450. The summed E-state index contributed by atoms with van der Waals surface area (Å²) >= 11 is 5.88. The molecule has 0 aliphatic rings. The van der Waals surface area contributed by atoms with Gasteiger partial charge in [0.25, 0.3) is 0 Å². The van der Waals surface area contributed by atoms with Crippen molar-refractivity contribution in [1.29, 1.82) is 0 Å². The number of amides is 1. The number of likely N-dealkylation sites (N-methyl/N-ethyl adjacent to an activating group) is 1. The number of aromatic nitrogens is 2. The molecule has 100 valence electrons. The zero-order valence-electron chi connectivity index (χ0n) is 11.4. The number of carbonyl (C=O) groups is 1. The van der Waals surface area contributed by atoms with Crippen molar-refractivity contribution < 1.29 is 4.79 Å². The summed E-state index contributed by atoms with van der Waals surface area (Å²) in [6.07, 6.45) is 0. The Morgan fingerprint density at radius 1 is 1.39 bits per heavy atom. The molecule has 0 fully saturated rings. The van der Waals surface area contributed by atoms with E-state index in [0.717, 1.165) is 11.1 Å². The van der Waals surface area contributed by atoms with E-state index in [1.54, 1.807) is 18.9 Å². The molecule has 1 aromatic rings. The first kappa shape index (κ1) is 14.7. The van der Waals surface area contributed by atoms with Crippen molar-refractivity contribution >= 4 is 23.3 Å². The van der Waals surface area contributed by atoms with Crippen LogP contribution in [-0.2, 0) is 4.79 Å². The van der Waals surface area contributed by atoms with Gasteiger partial charge in [-0.25, -0.2) is 0 Å². The first-order valence-electron chi connectivity index (χ1n) is 5.89. The summed E-state index contributed by atoms with van der Waals surface area (Å²) < 4.78 is 0. The van der Waals surface area contributed by atoms with Crippen LogP contribution < -0.4 is 5.32 Å². The van der Waals surface area contributed by atoms with Gasteiger partial charge in [0, 0.05) is 13.6 Å². The quantitative estimate of drug-likeness (QED) is 0.909. The number of hydrogen-bond donors (Lipinski definition) is 1. The van der Waals surface area contributed by atoms with E-state index in [4.69, 9.17) is 11.6 Å². The van der Waals surface area contributed by atoms with Gasteiger partial charge in [0.15, 0.2) is 11.0 Å². The lowest BCUT2D eigenvalue weighted by Crippen LogP contribution is -2.39. The van der Waals surface area contributed by atoms with Crippen molar-refractivity contribution in [3.8, 4) is 0 Å². The van der Waals surface area contributed by atoms with Gasteiger partial charge in [-0.3, -0.25) is 4.79 Å². The number of anilines is 1. The number of nitrogens with zero attached hydrogens (tertiary/aromatic N) is 3. The minimum absolute atomic E-state index is 0.0197. The lowest BCUT2D eigenvalue weighted by Gasteiger charge is -2.21. The van der Waals surface area contributed by atoms with E-state index in [1.807, 2.05) is 20.8 Å². The highest BCUT2D eigenvalue weighted by atomic mass is 35.5. The average molecular weight is 271 g/mol. The Labute approximate surface area is 113 Å². The van der Waals surface area contributed by atoms with E-state index in [1.165, 1.54) is 0 Å². The first-order chi connectivity index (χ1) is 8.38. The molecule has 5 nitrogen and oxygen atoms in total. The second-order valence-corrected chi connectivity index (χ2v) is 4.67. The van der Waals surface area contributed by atoms with Crippen LogP contribution in [0.15, 0.2) is 0 Å². The van der Waals surface area contributed by atoms with Crippen molar-refractivity contribution in [3.05, 3.63) is 16.3 Å². The van der Waals surface area contributed by atoms with Gasteiger partial charge in [-0.15, -0.1) is 10.2 Å². The van der Waals surface area contributed by atoms with E-state index in [9.17, 15) is 4.79 Å². The lowest BCUT2D eigenvalue weighted by molar-refractivity contribution is -0.130. The van der Waals surface area contributed by atoms with Crippen LogP contribution in [0.3, 0.4) is 0 Å². The van der Waals surface area contributed by atoms with E-state index in [0.29, 0.717) is 17.5 Å². The molecule has 18 heavy (non-hydrogen) atoms. The smallest absolute Gasteiger partial charge is 0.244 e. The lowest BCUT2D eigenvalue weighted by atomic mass is 10.2. The van der Waals surface area contributed by atoms with Crippen molar-refractivity contribution in [1.82, 2.24) is 15.1 Å². The van der Waals surface area contributed by atoms with Gasteiger partial charge in [-0.05, 0) is 38.8 Å². The molecule has 1 atom stereocenters. The summed E-state index contributed by atoms with van der Waals surface area (Å²) in [7, 11) is 1.77.